The zero-order valence-electron chi connectivity index (χ0n) is 15.4. The van der Waals surface area contributed by atoms with Crippen molar-refractivity contribution in [3.8, 4) is 0 Å². The minimum Gasteiger partial charge on any atom is -0.507 e. The summed E-state index contributed by atoms with van der Waals surface area (Å²) in [7, 11) is 0. The average Bonchev–Trinajstić information content (AvgIpc) is 3.31. The van der Waals surface area contributed by atoms with E-state index in [1.165, 1.54) is 16.2 Å². The molecule has 0 saturated carbocycles. The van der Waals surface area contributed by atoms with Crippen molar-refractivity contribution in [1.82, 2.24) is 4.98 Å². The van der Waals surface area contributed by atoms with Crippen LogP contribution in [0.15, 0.2) is 65.7 Å². The molecule has 0 bridgehead atoms. The average molecular weight is 390 g/mol. The third kappa shape index (κ3) is 2.92. The van der Waals surface area contributed by atoms with Crippen LogP contribution in [0.25, 0.3) is 5.76 Å². The molecule has 1 aliphatic heterocycles. The first kappa shape index (κ1) is 18.1. The maximum atomic E-state index is 13.0. The number of aromatic nitrogens is 1. The number of carbonyl (C=O) groups excluding carboxylic acids is 2. The third-order valence-electron chi connectivity index (χ3n) is 4.83. The summed E-state index contributed by atoms with van der Waals surface area (Å²) in [5.41, 5.74) is 3.16. The van der Waals surface area contributed by atoms with Gasteiger partial charge in [0, 0.05) is 17.1 Å². The Labute approximate surface area is 166 Å². The van der Waals surface area contributed by atoms with Gasteiger partial charge in [-0.2, -0.15) is 0 Å². The second-order valence-electron chi connectivity index (χ2n) is 6.71. The lowest BCUT2D eigenvalue weighted by Gasteiger charge is -2.23. The normalized spacial score (nSPS) is 18.6. The van der Waals surface area contributed by atoms with Gasteiger partial charge < -0.3 is 5.11 Å². The molecule has 1 aliphatic rings. The van der Waals surface area contributed by atoms with Gasteiger partial charge in [0.25, 0.3) is 5.78 Å². The van der Waals surface area contributed by atoms with E-state index in [-0.39, 0.29) is 11.3 Å². The quantitative estimate of drug-likeness (QED) is 0.409. The van der Waals surface area contributed by atoms with Crippen molar-refractivity contribution in [3.63, 3.8) is 0 Å². The number of Topliss-reactive ketones (excluding diaryl/α,β-unsaturated/α-hetero) is 1. The zero-order chi connectivity index (χ0) is 19.8. The molecular weight excluding hydrogens is 372 g/mol. The highest BCUT2D eigenvalue weighted by atomic mass is 32.1. The van der Waals surface area contributed by atoms with Crippen molar-refractivity contribution in [2.24, 2.45) is 0 Å². The van der Waals surface area contributed by atoms with E-state index in [2.05, 4.69) is 4.98 Å². The van der Waals surface area contributed by atoms with Crippen LogP contribution >= 0.6 is 11.3 Å². The van der Waals surface area contributed by atoms with Crippen LogP contribution in [-0.4, -0.2) is 21.8 Å². The molecule has 3 aromatic rings. The minimum atomic E-state index is -0.729. The summed E-state index contributed by atoms with van der Waals surface area (Å²) in [6.45, 7) is 3.78. The van der Waals surface area contributed by atoms with E-state index in [0.717, 1.165) is 16.7 Å². The number of thiazole rings is 1. The van der Waals surface area contributed by atoms with E-state index in [4.69, 9.17) is 0 Å². The minimum absolute atomic E-state index is 0.0834. The lowest BCUT2D eigenvalue weighted by molar-refractivity contribution is -0.132. The largest absolute Gasteiger partial charge is 0.507 e. The van der Waals surface area contributed by atoms with Crippen molar-refractivity contribution >= 4 is 33.9 Å². The molecule has 2 heterocycles. The Morgan fingerprint density at radius 2 is 1.86 bits per heavy atom. The molecule has 1 unspecified atom stereocenters. The van der Waals surface area contributed by atoms with Crippen molar-refractivity contribution in [1.29, 1.82) is 0 Å². The second-order valence-corrected chi connectivity index (χ2v) is 7.59. The highest BCUT2D eigenvalue weighted by Gasteiger charge is 2.47. The molecule has 1 amide bonds. The Morgan fingerprint density at radius 1 is 1.11 bits per heavy atom. The predicted octanol–water partition coefficient (Wildman–Crippen LogP) is 4.39. The van der Waals surface area contributed by atoms with Crippen LogP contribution < -0.4 is 4.90 Å². The lowest BCUT2D eigenvalue weighted by Crippen LogP contribution is -2.29. The summed E-state index contributed by atoms with van der Waals surface area (Å²) in [5.74, 6) is -1.55. The molecule has 4 rings (SSSR count). The topological polar surface area (TPSA) is 70.5 Å². The van der Waals surface area contributed by atoms with Gasteiger partial charge in [0.2, 0.25) is 0 Å². The number of ketones is 1. The summed E-state index contributed by atoms with van der Waals surface area (Å²) in [6.07, 6.45) is 1.59. The highest BCUT2D eigenvalue weighted by molar-refractivity contribution is 7.14. The number of aryl methyl sites for hydroxylation is 2. The molecule has 0 aliphatic carbocycles. The zero-order valence-corrected chi connectivity index (χ0v) is 16.2. The second kappa shape index (κ2) is 7.05. The Kier molecular flexibility index (Phi) is 4.57. The van der Waals surface area contributed by atoms with Crippen LogP contribution in [0.3, 0.4) is 0 Å². The van der Waals surface area contributed by atoms with E-state index in [1.807, 2.05) is 62.4 Å². The third-order valence-corrected chi connectivity index (χ3v) is 5.60. The van der Waals surface area contributed by atoms with Crippen LogP contribution in [0.4, 0.5) is 5.13 Å². The maximum absolute atomic E-state index is 13.0. The van der Waals surface area contributed by atoms with E-state index in [9.17, 15) is 14.7 Å². The molecule has 140 valence electrons. The number of hydrogen-bond acceptors (Lipinski definition) is 5. The van der Waals surface area contributed by atoms with Crippen molar-refractivity contribution in [2.45, 2.75) is 19.9 Å². The van der Waals surface area contributed by atoms with Crippen molar-refractivity contribution in [2.75, 3.05) is 4.90 Å². The summed E-state index contributed by atoms with van der Waals surface area (Å²) < 4.78 is 0. The highest BCUT2D eigenvalue weighted by Crippen LogP contribution is 2.42. The van der Waals surface area contributed by atoms with E-state index < -0.39 is 17.7 Å². The number of benzene rings is 2. The maximum Gasteiger partial charge on any atom is 0.301 e. The van der Waals surface area contributed by atoms with Crippen LogP contribution in [0.5, 0.6) is 0 Å². The van der Waals surface area contributed by atoms with E-state index in [0.29, 0.717) is 10.7 Å². The molecule has 2 aromatic carbocycles. The monoisotopic (exact) mass is 390 g/mol. The predicted molar refractivity (Wildman–Crippen MR) is 109 cm³/mol. The molecule has 28 heavy (non-hydrogen) atoms. The number of aliphatic hydroxyl groups excluding tert-OH is 1. The summed E-state index contributed by atoms with van der Waals surface area (Å²) in [6, 6.07) is 14.2. The number of carbonyl (C=O) groups is 2. The van der Waals surface area contributed by atoms with Gasteiger partial charge >= 0.3 is 5.91 Å². The Balaban J connectivity index is 1.97. The molecule has 1 atom stereocenters. The molecule has 0 radical (unpaired) electrons. The van der Waals surface area contributed by atoms with Gasteiger partial charge in [0.1, 0.15) is 5.76 Å². The number of amides is 1. The summed E-state index contributed by atoms with van der Waals surface area (Å²) >= 11 is 1.28. The van der Waals surface area contributed by atoms with Gasteiger partial charge in [0.15, 0.2) is 5.13 Å². The van der Waals surface area contributed by atoms with Crippen LogP contribution in [0.2, 0.25) is 0 Å². The smallest absolute Gasteiger partial charge is 0.301 e. The fourth-order valence-electron chi connectivity index (χ4n) is 3.45. The molecule has 6 heteroatoms. The molecule has 1 N–H and O–H groups in total. The number of anilines is 1. The molecule has 1 fully saturated rings. The molecular formula is C22H18N2O3S. The first-order chi connectivity index (χ1) is 13.5. The van der Waals surface area contributed by atoms with Gasteiger partial charge in [-0.1, -0.05) is 48.0 Å². The van der Waals surface area contributed by atoms with Gasteiger partial charge in [-0.25, -0.2) is 4.98 Å². The van der Waals surface area contributed by atoms with Crippen LogP contribution in [0.1, 0.15) is 28.3 Å². The van der Waals surface area contributed by atoms with Crippen LogP contribution in [0, 0.1) is 13.8 Å². The van der Waals surface area contributed by atoms with E-state index >= 15 is 0 Å². The first-order valence-corrected chi connectivity index (χ1v) is 9.70. The van der Waals surface area contributed by atoms with E-state index in [1.54, 1.807) is 11.6 Å². The SMILES string of the molecule is Cc1ccc(C)c(/C(O)=C2\C(=O)C(=O)N(c3nccs3)C2c2ccccc2)c1. The van der Waals surface area contributed by atoms with Crippen molar-refractivity contribution < 1.29 is 14.7 Å². The fourth-order valence-corrected chi connectivity index (χ4v) is 4.12. The Bertz CT molecular complexity index is 1090. The number of hydrogen-bond donors (Lipinski definition) is 1. The Hall–Kier alpha value is -3.25. The number of rotatable bonds is 3. The summed E-state index contributed by atoms with van der Waals surface area (Å²) in [4.78, 5) is 31.5. The Morgan fingerprint density at radius 3 is 2.54 bits per heavy atom. The van der Waals surface area contributed by atoms with Crippen LogP contribution in [-0.2, 0) is 9.59 Å². The number of nitrogens with zero attached hydrogens (tertiary/aromatic N) is 2. The standard InChI is InChI=1S/C22H18N2O3S/c1-13-8-9-14(2)16(12-13)19(25)17-18(15-6-4-3-5-7-15)24(21(27)20(17)26)22-23-10-11-28-22/h3-12,18,25H,1-2H3/b19-17+. The number of aliphatic hydroxyl groups is 1. The van der Waals surface area contributed by atoms with Crippen molar-refractivity contribution in [3.05, 3.63) is 87.9 Å². The molecule has 1 saturated heterocycles. The molecule has 1 aromatic heterocycles. The molecule has 0 spiro atoms. The van der Waals surface area contributed by atoms with Gasteiger partial charge in [-0.05, 0) is 31.0 Å². The lowest BCUT2D eigenvalue weighted by atomic mass is 9.93. The summed E-state index contributed by atoms with van der Waals surface area (Å²) in [5, 5.41) is 13.3. The van der Waals surface area contributed by atoms with Gasteiger partial charge in [-0.15, -0.1) is 11.3 Å². The molecule has 5 nitrogen and oxygen atoms in total. The first-order valence-electron chi connectivity index (χ1n) is 8.82. The fraction of sp³-hybridized carbons (Fsp3) is 0.136. The van der Waals surface area contributed by atoms with Gasteiger partial charge in [0.05, 0.1) is 11.6 Å². The van der Waals surface area contributed by atoms with Gasteiger partial charge in [-0.3, -0.25) is 14.5 Å².